The van der Waals surface area contributed by atoms with Crippen LogP contribution < -0.4 is 9.80 Å². The summed E-state index contributed by atoms with van der Waals surface area (Å²) < 4.78 is 2.17. The van der Waals surface area contributed by atoms with E-state index in [4.69, 9.17) is 9.97 Å². The molecule has 0 saturated carbocycles. The molecule has 11 rings (SSSR count). The van der Waals surface area contributed by atoms with Crippen LogP contribution in [0.2, 0.25) is 0 Å². The Bertz CT molecular complexity index is 3340. The molecule has 0 amide bonds. The quantitative estimate of drug-likeness (QED) is 0.130. The molecule has 0 spiro atoms. The third-order valence-electron chi connectivity index (χ3n) is 12.5. The molecule has 0 unspecified atom stereocenters. The second-order valence-electron chi connectivity index (χ2n) is 16.8. The molecule has 5 nitrogen and oxygen atoms in total. The number of fused-ring (bicyclic) bond motifs is 1. The van der Waals surface area contributed by atoms with Crippen LogP contribution in [-0.4, -0.2) is 14.4 Å². The van der Waals surface area contributed by atoms with E-state index < -0.39 is 0 Å². The van der Waals surface area contributed by atoms with Crippen molar-refractivity contribution in [1.82, 2.24) is 14.4 Å². The van der Waals surface area contributed by atoms with Crippen LogP contribution in [0.3, 0.4) is 0 Å². The van der Waals surface area contributed by atoms with Crippen LogP contribution in [0, 0.1) is 13.8 Å². The van der Waals surface area contributed by atoms with Crippen LogP contribution >= 0.6 is 0 Å². The minimum atomic E-state index is 0.915. The van der Waals surface area contributed by atoms with Gasteiger partial charge >= 0.3 is 0 Å². The number of pyridine rings is 2. The monoisotopic (exact) mass is 861 g/mol. The third kappa shape index (κ3) is 8.27. The number of aromatic nitrogens is 3. The van der Waals surface area contributed by atoms with Gasteiger partial charge in [-0.05, 0) is 132 Å². The predicted octanol–water partition coefficient (Wildman–Crippen LogP) is 16.6. The number of hydrogen-bond acceptors (Lipinski definition) is 4. The lowest BCUT2D eigenvalue weighted by Gasteiger charge is -2.27. The second-order valence-corrected chi connectivity index (χ2v) is 16.8. The summed E-state index contributed by atoms with van der Waals surface area (Å²) in [6.07, 6.45) is 2.09. The summed E-state index contributed by atoms with van der Waals surface area (Å²) in [6.45, 7) is 4.12. The lowest BCUT2D eigenvalue weighted by atomic mass is 10.0. The summed E-state index contributed by atoms with van der Waals surface area (Å²) in [5, 5.41) is 0. The Morgan fingerprint density at radius 3 is 1.12 bits per heavy atom. The van der Waals surface area contributed by atoms with E-state index in [1.807, 2.05) is 13.0 Å². The normalized spacial score (nSPS) is 11.1. The first-order valence-electron chi connectivity index (χ1n) is 22.7. The molecule has 0 aliphatic heterocycles. The highest BCUT2D eigenvalue weighted by atomic mass is 15.2. The smallest absolute Gasteiger partial charge is 0.137 e. The summed E-state index contributed by atoms with van der Waals surface area (Å²) in [5.74, 6) is 0. The van der Waals surface area contributed by atoms with E-state index in [0.717, 1.165) is 84.8 Å². The van der Waals surface area contributed by atoms with Gasteiger partial charge < -0.3 is 9.80 Å². The Morgan fingerprint density at radius 2 is 0.687 bits per heavy atom. The van der Waals surface area contributed by atoms with Gasteiger partial charge in [-0.2, -0.15) is 0 Å². The average Bonchev–Trinajstić information content (AvgIpc) is 3.79. The molecule has 0 N–H and O–H groups in total. The van der Waals surface area contributed by atoms with Crippen LogP contribution in [0.15, 0.2) is 249 Å². The van der Waals surface area contributed by atoms with Crippen molar-refractivity contribution in [1.29, 1.82) is 0 Å². The SMILES string of the molecule is Cc1ccc(N(c2ccc(-c3ccc(N(c4ccc(-c5ccccc5)cc4)c4ccc(-c5ccccc5)cc4)cc3)cc2)c2ccc(-c3nc4ccccn4c3-c3ccccc3)cc2)c(C)n1. The van der Waals surface area contributed by atoms with Crippen molar-refractivity contribution >= 4 is 39.8 Å². The van der Waals surface area contributed by atoms with Crippen LogP contribution in [-0.2, 0) is 0 Å². The highest BCUT2D eigenvalue weighted by molar-refractivity contribution is 5.86. The Morgan fingerprint density at radius 1 is 0.313 bits per heavy atom. The molecular weight excluding hydrogens is 815 g/mol. The minimum Gasteiger partial charge on any atom is -0.311 e. The molecule has 0 bridgehead atoms. The van der Waals surface area contributed by atoms with E-state index in [-0.39, 0.29) is 0 Å². The zero-order valence-electron chi connectivity index (χ0n) is 37.4. The van der Waals surface area contributed by atoms with Crippen molar-refractivity contribution in [2.45, 2.75) is 13.8 Å². The van der Waals surface area contributed by atoms with Crippen molar-refractivity contribution in [3.8, 4) is 55.9 Å². The van der Waals surface area contributed by atoms with Crippen LogP contribution in [0.4, 0.5) is 34.1 Å². The Kier molecular flexibility index (Phi) is 11.0. The van der Waals surface area contributed by atoms with E-state index in [1.54, 1.807) is 0 Å². The molecule has 0 aliphatic rings. The van der Waals surface area contributed by atoms with E-state index in [9.17, 15) is 0 Å². The van der Waals surface area contributed by atoms with Crippen molar-refractivity contribution in [2.24, 2.45) is 0 Å². The van der Waals surface area contributed by atoms with Gasteiger partial charge in [0.2, 0.25) is 0 Å². The lowest BCUT2D eigenvalue weighted by Crippen LogP contribution is -2.12. The van der Waals surface area contributed by atoms with Gasteiger partial charge in [0, 0.05) is 51.5 Å². The van der Waals surface area contributed by atoms with Gasteiger partial charge in [-0.1, -0.05) is 158 Å². The summed E-state index contributed by atoms with van der Waals surface area (Å²) in [5.41, 5.74) is 20.5. The predicted molar refractivity (Wildman–Crippen MR) is 279 cm³/mol. The van der Waals surface area contributed by atoms with Crippen molar-refractivity contribution in [3.05, 3.63) is 260 Å². The molecule has 67 heavy (non-hydrogen) atoms. The third-order valence-corrected chi connectivity index (χ3v) is 12.5. The summed E-state index contributed by atoms with van der Waals surface area (Å²) >= 11 is 0. The first-order valence-corrected chi connectivity index (χ1v) is 22.7. The standard InChI is InChI=1S/C62H47N5/c1-44-21-42-59(45(2)63-44)67(58-40-30-52(31-41-58)61-62(53-18-10-5-11-19-53)65-43-13-12-20-60(65)64-61)57-38-28-51(29-39-57)50-26-36-56(37-27-50)66(54-32-22-48(23-33-54)46-14-6-3-7-15-46)55-34-24-49(25-35-55)47-16-8-4-9-17-47/h3-43H,1-2H3. The summed E-state index contributed by atoms with van der Waals surface area (Å²) in [6, 6.07) is 86.2. The zero-order valence-corrected chi connectivity index (χ0v) is 37.4. The maximum Gasteiger partial charge on any atom is 0.137 e. The first kappa shape index (κ1) is 40.9. The molecule has 320 valence electrons. The molecular formula is C62H47N5. The number of anilines is 6. The summed E-state index contributed by atoms with van der Waals surface area (Å²) in [4.78, 5) is 14.6. The van der Waals surface area contributed by atoms with Crippen LogP contribution in [0.5, 0.6) is 0 Å². The number of aryl methyl sites for hydroxylation is 2. The maximum absolute atomic E-state index is 5.12. The Labute approximate surface area is 392 Å². The van der Waals surface area contributed by atoms with Gasteiger partial charge in [0.25, 0.3) is 0 Å². The van der Waals surface area contributed by atoms with E-state index in [2.05, 4.69) is 264 Å². The van der Waals surface area contributed by atoms with Crippen molar-refractivity contribution in [2.75, 3.05) is 9.80 Å². The highest BCUT2D eigenvalue weighted by Crippen LogP contribution is 2.41. The topological polar surface area (TPSA) is 36.7 Å². The van der Waals surface area contributed by atoms with Gasteiger partial charge in [0.15, 0.2) is 0 Å². The molecule has 11 aromatic rings. The van der Waals surface area contributed by atoms with Gasteiger partial charge in [0.05, 0.1) is 22.8 Å². The molecule has 3 heterocycles. The number of benzene rings is 8. The second kappa shape index (κ2) is 18.0. The average molecular weight is 862 g/mol. The van der Waals surface area contributed by atoms with Crippen molar-refractivity contribution < 1.29 is 0 Å². The van der Waals surface area contributed by atoms with E-state index in [1.165, 1.54) is 22.3 Å². The molecule has 0 atom stereocenters. The minimum absolute atomic E-state index is 0.915. The fraction of sp³-hybridized carbons (Fsp3) is 0.0323. The molecule has 8 aromatic carbocycles. The van der Waals surface area contributed by atoms with E-state index >= 15 is 0 Å². The molecule has 0 radical (unpaired) electrons. The molecule has 0 saturated heterocycles. The summed E-state index contributed by atoms with van der Waals surface area (Å²) in [7, 11) is 0. The molecule has 0 fully saturated rings. The van der Waals surface area contributed by atoms with Gasteiger partial charge in [-0.15, -0.1) is 0 Å². The van der Waals surface area contributed by atoms with E-state index in [0.29, 0.717) is 0 Å². The number of hydrogen-bond donors (Lipinski definition) is 0. The van der Waals surface area contributed by atoms with Crippen LogP contribution in [0.1, 0.15) is 11.4 Å². The Balaban J connectivity index is 0.912. The first-order chi connectivity index (χ1) is 33.0. The van der Waals surface area contributed by atoms with Gasteiger partial charge in [-0.3, -0.25) is 9.38 Å². The zero-order chi connectivity index (χ0) is 45.1. The molecule has 3 aromatic heterocycles. The lowest BCUT2D eigenvalue weighted by molar-refractivity contribution is 1.10. The fourth-order valence-electron chi connectivity index (χ4n) is 9.10. The van der Waals surface area contributed by atoms with Gasteiger partial charge in [0.1, 0.15) is 5.65 Å². The highest BCUT2D eigenvalue weighted by Gasteiger charge is 2.20. The molecule has 5 heteroatoms. The number of nitrogens with zero attached hydrogens (tertiary/aromatic N) is 5. The maximum atomic E-state index is 5.12. The Hall–Kier alpha value is -8.80. The molecule has 0 aliphatic carbocycles. The van der Waals surface area contributed by atoms with Gasteiger partial charge in [-0.25, -0.2) is 4.98 Å². The number of imidazole rings is 1. The number of rotatable bonds is 11. The largest absolute Gasteiger partial charge is 0.311 e. The van der Waals surface area contributed by atoms with Crippen LogP contribution in [0.25, 0.3) is 61.5 Å². The fourth-order valence-corrected chi connectivity index (χ4v) is 9.10. The van der Waals surface area contributed by atoms with Crippen molar-refractivity contribution in [3.63, 3.8) is 0 Å².